The van der Waals surface area contributed by atoms with Crippen molar-refractivity contribution in [2.75, 3.05) is 0 Å². The van der Waals surface area contributed by atoms with Gasteiger partial charge in [-0.05, 0) is 25.5 Å². The van der Waals surface area contributed by atoms with Crippen molar-refractivity contribution in [1.82, 2.24) is 4.57 Å². The third kappa shape index (κ3) is 1.80. The van der Waals surface area contributed by atoms with E-state index in [9.17, 15) is 4.79 Å². The topological polar surface area (TPSA) is 68.2 Å². The van der Waals surface area contributed by atoms with Crippen molar-refractivity contribution in [1.29, 1.82) is 0 Å². The molecule has 4 heteroatoms. The van der Waals surface area contributed by atoms with E-state index >= 15 is 0 Å². The van der Waals surface area contributed by atoms with Gasteiger partial charge in [0.25, 0.3) is 0 Å². The van der Waals surface area contributed by atoms with Gasteiger partial charge >= 0.3 is 5.97 Å². The Morgan fingerprint density at radius 2 is 2.24 bits per heavy atom. The zero-order valence-corrected chi connectivity index (χ0v) is 9.97. The fourth-order valence-electron chi connectivity index (χ4n) is 2.20. The number of hydrogen-bond donors (Lipinski definition) is 2. The quantitative estimate of drug-likeness (QED) is 0.851. The Kier molecular flexibility index (Phi) is 2.90. The van der Waals surface area contributed by atoms with Crippen LogP contribution < -0.4 is 5.73 Å². The molecule has 0 fully saturated rings. The molecule has 4 nitrogen and oxygen atoms in total. The van der Waals surface area contributed by atoms with Gasteiger partial charge in [0, 0.05) is 29.2 Å². The van der Waals surface area contributed by atoms with Gasteiger partial charge < -0.3 is 15.4 Å². The summed E-state index contributed by atoms with van der Waals surface area (Å²) in [6, 6.07) is 4.97. The van der Waals surface area contributed by atoms with Gasteiger partial charge in [0.05, 0.1) is 0 Å². The molecule has 0 bridgehead atoms. The molecule has 0 saturated heterocycles. The van der Waals surface area contributed by atoms with Gasteiger partial charge in [0.2, 0.25) is 0 Å². The zero-order valence-electron chi connectivity index (χ0n) is 9.97. The van der Waals surface area contributed by atoms with Gasteiger partial charge in [-0.25, -0.2) is 0 Å². The van der Waals surface area contributed by atoms with Gasteiger partial charge in [0.1, 0.15) is 6.04 Å². The van der Waals surface area contributed by atoms with Gasteiger partial charge in [-0.1, -0.05) is 12.1 Å². The minimum absolute atomic E-state index is 0.687. The van der Waals surface area contributed by atoms with Crippen LogP contribution in [0.3, 0.4) is 0 Å². The lowest BCUT2D eigenvalue weighted by Gasteiger charge is -2.06. The number of aliphatic carboxylic acids is 1. The molecule has 1 heterocycles. The Bertz CT molecular complexity index is 572. The summed E-state index contributed by atoms with van der Waals surface area (Å²) in [6.45, 7) is 4.80. The van der Waals surface area contributed by atoms with Gasteiger partial charge in [0.15, 0.2) is 0 Å². The van der Waals surface area contributed by atoms with Crippen LogP contribution in [0.1, 0.15) is 24.1 Å². The normalized spacial score (nSPS) is 12.9. The van der Waals surface area contributed by atoms with Crippen molar-refractivity contribution >= 4 is 16.9 Å². The summed E-state index contributed by atoms with van der Waals surface area (Å²) in [5, 5.41) is 10.00. The molecule has 0 aliphatic carbocycles. The maximum Gasteiger partial charge on any atom is 0.325 e. The number of nitrogens with zero attached hydrogens (tertiary/aromatic N) is 1. The molecule has 1 atom stereocenters. The van der Waals surface area contributed by atoms with E-state index in [1.165, 1.54) is 0 Å². The van der Waals surface area contributed by atoms with Crippen LogP contribution in [-0.4, -0.2) is 15.6 Å². The third-order valence-corrected chi connectivity index (χ3v) is 3.09. The number of aromatic nitrogens is 1. The largest absolute Gasteiger partial charge is 0.480 e. The fraction of sp³-hybridized carbons (Fsp3) is 0.308. The standard InChI is InChI=1S/C13H16N2O2/c1-3-15-7-9(12(14)13(16)17)11-8(2)5-4-6-10(11)15/h4-7,12H,3,14H2,1-2H3,(H,16,17). The number of aryl methyl sites for hydroxylation is 2. The molecule has 1 aromatic carbocycles. The van der Waals surface area contributed by atoms with Crippen molar-refractivity contribution in [3.05, 3.63) is 35.5 Å². The number of carbonyl (C=O) groups is 1. The molecular formula is C13H16N2O2. The van der Waals surface area contributed by atoms with Crippen LogP contribution in [0.2, 0.25) is 0 Å². The molecule has 0 spiro atoms. The molecule has 17 heavy (non-hydrogen) atoms. The number of hydrogen-bond acceptors (Lipinski definition) is 2. The Balaban J connectivity index is 2.75. The lowest BCUT2D eigenvalue weighted by atomic mass is 10.0. The summed E-state index contributed by atoms with van der Waals surface area (Å²) in [4.78, 5) is 11.0. The molecule has 90 valence electrons. The first-order valence-electron chi connectivity index (χ1n) is 5.63. The highest BCUT2D eigenvalue weighted by molar-refractivity contribution is 5.91. The molecule has 0 amide bonds. The molecule has 0 aliphatic rings. The van der Waals surface area contributed by atoms with E-state index in [4.69, 9.17) is 10.8 Å². The highest BCUT2D eigenvalue weighted by Gasteiger charge is 2.20. The maximum atomic E-state index is 11.0. The summed E-state index contributed by atoms with van der Waals surface area (Å²) in [5.74, 6) is -0.997. The molecular weight excluding hydrogens is 216 g/mol. The number of benzene rings is 1. The zero-order chi connectivity index (χ0) is 12.6. The van der Waals surface area contributed by atoms with Gasteiger partial charge in [-0.2, -0.15) is 0 Å². The van der Waals surface area contributed by atoms with Crippen molar-refractivity contribution < 1.29 is 9.90 Å². The number of carboxylic acids is 1. The van der Waals surface area contributed by atoms with Gasteiger partial charge in [-0.3, -0.25) is 4.79 Å². The minimum atomic E-state index is -0.997. The van der Waals surface area contributed by atoms with Crippen LogP contribution in [0.5, 0.6) is 0 Å². The summed E-state index contributed by atoms with van der Waals surface area (Å²) in [7, 11) is 0. The van der Waals surface area contributed by atoms with E-state index in [1.807, 2.05) is 42.8 Å². The van der Waals surface area contributed by atoms with Crippen LogP contribution in [0, 0.1) is 6.92 Å². The molecule has 1 aromatic heterocycles. The smallest absolute Gasteiger partial charge is 0.325 e. The summed E-state index contributed by atoms with van der Waals surface area (Å²) in [5.41, 5.74) is 8.51. The number of rotatable bonds is 3. The maximum absolute atomic E-state index is 11.0. The molecule has 2 aromatic rings. The lowest BCUT2D eigenvalue weighted by Crippen LogP contribution is -2.20. The molecule has 3 N–H and O–H groups in total. The average molecular weight is 232 g/mol. The molecule has 0 radical (unpaired) electrons. The van der Waals surface area contributed by atoms with E-state index in [0.29, 0.717) is 5.56 Å². The Morgan fingerprint density at radius 1 is 1.53 bits per heavy atom. The number of fused-ring (bicyclic) bond motifs is 1. The first-order chi connectivity index (χ1) is 8.06. The molecule has 0 saturated carbocycles. The predicted molar refractivity (Wildman–Crippen MR) is 66.9 cm³/mol. The van der Waals surface area contributed by atoms with Crippen LogP contribution in [0.25, 0.3) is 10.9 Å². The Hall–Kier alpha value is -1.81. The SMILES string of the molecule is CCn1cc(C(N)C(=O)O)c2c(C)cccc21. The fourth-order valence-corrected chi connectivity index (χ4v) is 2.20. The highest BCUT2D eigenvalue weighted by Crippen LogP contribution is 2.28. The van der Waals surface area contributed by atoms with Crippen LogP contribution in [0.4, 0.5) is 0 Å². The van der Waals surface area contributed by atoms with Crippen molar-refractivity contribution in [2.45, 2.75) is 26.4 Å². The lowest BCUT2D eigenvalue weighted by molar-refractivity contribution is -0.138. The minimum Gasteiger partial charge on any atom is -0.480 e. The van der Waals surface area contributed by atoms with E-state index in [-0.39, 0.29) is 0 Å². The highest BCUT2D eigenvalue weighted by atomic mass is 16.4. The van der Waals surface area contributed by atoms with Crippen LogP contribution in [-0.2, 0) is 11.3 Å². The molecule has 0 aliphatic heterocycles. The first kappa shape index (κ1) is 11.7. The summed E-state index contributed by atoms with van der Waals surface area (Å²) in [6.07, 6.45) is 1.84. The second kappa shape index (κ2) is 4.22. The number of carboxylic acid groups (broad SMARTS) is 1. The summed E-state index contributed by atoms with van der Waals surface area (Å²) >= 11 is 0. The Labute approximate surface area is 99.7 Å². The predicted octanol–water partition coefficient (Wildman–Crippen LogP) is 2.05. The summed E-state index contributed by atoms with van der Waals surface area (Å²) < 4.78 is 2.03. The first-order valence-corrected chi connectivity index (χ1v) is 5.63. The van der Waals surface area contributed by atoms with E-state index in [0.717, 1.165) is 23.0 Å². The molecule has 2 rings (SSSR count). The van der Waals surface area contributed by atoms with Crippen LogP contribution in [0.15, 0.2) is 24.4 Å². The van der Waals surface area contributed by atoms with E-state index in [1.54, 1.807) is 0 Å². The van der Waals surface area contributed by atoms with Gasteiger partial charge in [-0.15, -0.1) is 0 Å². The van der Waals surface area contributed by atoms with Crippen LogP contribution >= 0.6 is 0 Å². The second-order valence-corrected chi connectivity index (χ2v) is 4.16. The Morgan fingerprint density at radius 3 is 2.82 bits per heavy atom. The third-order valence-electron chi connectivity index (χ3n) is 3.09. The second-order valence-electron chi connectivity index (χ2n) is 4.16. The number of nitrogens with two attached hydrogens (primary N) is 1. The van der Waals surface area contributed by atoms with E-state index in [2.05, 4.69) is 0 Å². The molecule has 1 unspecified atom stereocenters. The van der Waals surface area contributed by atoms with Crippen molar-refractivity contribution in [3.63, 3.8) is 0 Å². The average Bonchev–Trinajstić information content (AvgIpc) is 2.68. The monoisotopic (exact) mass is 232 g/mol. The van der Waals surface area contributed by atoms with Crippen molar-refractivity contribution in [2.24, 2.45) is 5.73 Å². The van der Waals surface area contributed by atoms with Crippen molar-refractivity contribution in [3.8, 4) is 0 Å². The van der Waals surface area contributed by atoms with E-state index < -0.39 is 12.0 Å².